The summed E-state index contributed by atoms with van der Waals surface area (Å²) >= 11 is 0. The number of para-hydroxylation sites is 2. The van der Waals surface area contributed by atoms with Crippen molar-refractivity contribution in [2.75, 3.05) is 13.2 Å². The van der Waals surface area contributed by atoms with Gasteiger partial charge in [-0.3, -0.25) is 14.4 Å². The second-order valence-corrected chi connectivity index (χ2v) is 9.15. The second-order valence-electron chi connectivity index (χ2n) is 9.15. The van der Waals surface area contributed by atoms with Crippen LogP contribution in [0.4, 0.5) is 0 Å². The normalized spacial score (nSPS) is 13.5. The minimum absolute atomic E-state index is 0.0351. The minimum atomic E-state index is -1.54. The zero-order chi connectivity index (χ0) is 27.9. The molecule has 39 heavy (non-hydrogen) atoms. The maximum absolute atomic E-state index is 12.9. The average molecular weight is 535 g/mol. The van der Waals surface area contributed by atoms with Crippen LogP contribution in [0, 0.1) is 0 Å². The number of aliphatic hydroxyl groups is 1. The molecule has 0 aliphatic heterocycles. The van der Waals surface area contributed by atoms with E-state index in [1.54, 1.807) is 12.4 Å². The van der Waals surface area contributed by atoms with Gasteiger partial charge in [-0.1, -0.05) is 36.4 Å². The van der Waals surface area contributed by atoms with Crippen molar-refractivity contribution in [2.24, 2.45) is 5.73 Å². The number of rotatable bonds is 12. The van der Waals surface area contributed by atoms with Crippen LogP contribution in [-0.4, -0.2) is 75.1 Å². The Bertz CT molecular complexity index is 1490. The third kappa shape index (κ3) is 6.61. The Kier molecular flexibility index (Phi) is 8.59. The molecule has 0 bridgehead atoms. The van der Waals surface area contributed by atoms with Gasteiger partial charge in [0.05, 0.1) is 19.2 Å². The number of carbonyl (C=O) groups excluding carboxylic acids is 3. The Morgan fingerprint density at radius 1 is 0.795 bits per heavy atom. The van der Waals surface area contributed by atoms with E-state index in [0.717, 1.165) is 27.4 Å². The molecule has 0 aliphatic rings. The number of nitrogens with one attached hydrogen (secondary N) is 5. The fraction of sp³-hybridized carbons (Fsp3) is 0.259. The molecule has 3 unspecified atom stereocenters. The first-order valence-electron chi connectivity index (χ1n) is 12.3. The molecule has 4 aromatic rings. The molecule has 3 atom stereocenters. The lowest BCUT2D eigenvalue weighted by molar-refractivity contribution is -0.143. The number of carboxylic acid groups (broad SMARTS) is 1. The van der Waals surface area contributed by atoms with Gasteiger partial charge >= 0.3 is 5.97 Å². The standard InChI is InChI=1S/C27H30N6O6/c28-19(9-15-11-29-20-7-3-1-5-17(15)20)25(36)31-13-24(35)32-22(26(37)33-23(14-34)27(38)39)10-16-12-30-21-8-4-2-6-18(16)21/h1-8,11-12,19,22-23,29-30,34H,9-10,13-14,28H2,(H,31,36)(H,32,35)(H,33,37)(H,38,39). The number of aliphatic carboxylic acids is 1. The van der Waals surface area contributed by atoms with Crippen molar-refractivity contribution in [3.05, 3.63) is 72.1 Å². The number of aromatic amines is 2. The third-order valence-electron chi connectivity index (χ3n) is 6.42. The first-order chi connectivity index (χ1) is 18.8. The van der Waals surface area contributed by atoms with Gasteiger partial charge in [0.25, 0.3) is 0 Å². The SMILES string of the molecule is NC(Cc1c[nH]c2ccccc12)C(=O)NCC(=O)NC(Cc1c[nH]c2ccccc12)C(=O)NC(CO)C(=O)O. The van der Waals surface area contributed by atoms with Crippen LogP contribution in [-0.2, 0) is 32.0 Å². The molecule has 204 valence electrons. The van der Waals surface area contributed by atoms with E-state index >= 15 is 0 Å². The van der Waals surface area contributed by atoms with Crippen molar-refractivity contribution >= 4 is 45.5 Å². The van der Waals surface area contributed by atoms with E-state index in [9.17, 15) is 29.4 Å². The number of fused-ring (bicyclic) bond motifs is 2. The predicted molar refractivity (Wildman–Crippen MR) is 144 cm³/mol. The Morgan fingerprint density at radius 2 is 1.36 bits per heavy atom. The van der Waals surface area contributed by atoms with Crippen LogP contribution in [0.15, 0.2) is 60.9 Å². The van der Waals surface area contributed by atoms with Crippen molar-refractivity contribution in [1.29, 1.82) is 0 Å². The van der Waals surface area contributed by atoms with Crippen LogP contribution in [0.2, 0.25) is 0 Å². The Morgan fingerprint density at radius 3 is 1.92 bits per heavy atom. The number of nitrogens with two attached hydrogens (primary N) is 1. The fourth-order valence-electron chi connectivity index (χ4n) is 4.36. The van der Waals surface area contributed by atoms with Gasteiger partial charge in [0.2, 0.25) is 17.7 Å². The Balaban J connectivity index is 1.39. The molecule has 0 saturated heterocycles. The minimum Gasteiger partial charge on any atom is -0.480 e. The molecule has 0 aliphatic carbocycles. The molecular weight excluding hydrogens is 504 g/mol. The van der Waals surface area contributed by atoms with Gasteiger partial charge in [0, 0.05) is 40.6 Å². The van der Waals surface area contributed by atoms with Crippen LogP contribution in [0.1, 0.15) is 11.1 Å². The number of aromatic nitrogens is 2. The number of carbonyl (C=O) groups is 4. The van der Waals surface area contributed by atoms with Crippen LogP contribution >= 0.6 is 0 Å². The van der Waals surface area contributed by atoms with E-state index in [2.05, 4.69) is 25.9 Å². The van der Waals surface area contributed by atoms with Crippen LogP contribution in [0.3, 0.4) is 0 Å². The molecule has 2 aromatic heterocycles. The third-order valence-corrected chi connectivity index (χ3v) is 6.42. The largest absolute Gasteiger partial charge is 0.480 e. The van der Waals surface area contributed by atoms with E-state index in [1.165, 1.54) is 0 Å². The zero-order valence-corrected chi connectivity index (χ0v) is 20.9. The number of hydrogen-bond donors (Lipinski definition) is 8. The molecule has 3 amide bonds. The van der Waals surface area contributed by atoms with Crippen molar-refractivity contribution in [3.8, 4) is 0 Å². The molecule has 0 spiro atoms. The quantitative estimate of drug-likeness (QED) is 0.124. The second kappa shape index (κ2) is 12.2. The summed E-state index contributed by atoms with van der Waals surface area (Å²) in [6, 6.07) is 11.4. The summed E-state index contributed by atoms with van der Waals surface area (Å²) in [5.41, 5.74) is 9.40. The van der Waals surface area contributed by atoms with Crippen LogP contribution < -0.4 is 21.7 Å². The molecule has 0 fully saturated rings. The molecule has 12 nitrogen and oxygen atoms in total. The molecule has 12 heteroatoms. The lowest BCUT2D eigenvalue weighted by Gasteiger charge is -2.21. The lowest BCUT2D eigenvalue weighted by atomic mass is 10.0. The van der Waals surface area contributed by atoms with Gasteiger partial charge in [-0.05, 0) is 29.7 Å². The van der Waals surface area contributed by atoms with Crippen LogP contribution in [0.25, 0.3) is 21.8 Å². The molecule has 9 N–H and O–H groups in total. The summed E-state index contributed by atoms with van der Waals surface area (Å²) in [6.45, 7) is -1.26. The van der Waals surface area contributed by atoms with Gasteiger partial charge in [-0.25, -0.2) is 4.79 Å². The predicted octanol–water partition coefficient (Wildman–Crippen LogP) is -0.0756. The van der Waals surface area contributed by atoms with Gasteiger partial charge in [0.15, 0.2) is 0 Å². The van der Waals surface area contributed by atoms with Gasteiger partial charge in [0.1, 0.15) is 12.1 Å². The molecule has 0 radical (unpaired) electrons. The summed E-state index contributed by atoms with van der Waals surface area (Å²) in [4.78, 5) is 55.8. The summed E-state index contributed by atoms with van der Waals surface area (Å²) in [5.74, 6) is -3.42. The highest BCUT2D eigenvalue weighted by Crippen LogP contribution is 2.20. The van der Waals surface area contributed by atoms with E-state index in [1.807, 2.05) is 48.5 Å². The van der Waals surface area contributed by atoms with Gasteiger partial charge in [-0.15, -0.1) is 0 Å². The van der Waals surface area contributed by atoms with E-state index in [-0.39, 0.29) is 12.8 Å². The maximum atomic E-state index is 12.9. The summed E-state index contributed by atoms with van der Waals surface area (Å²) in [5, 5.41) is 27.6. The number of amides is 3. The first kappa shape index (κ1) is 27.4. The lowest BCUT2D eigenvalue weighted by Crippen LogP contribution is -2.55. The highest BCUT2D eigenvalue weighted by molar-refractivity contribution is 5.94. The summed E-state index contributed by atoms with van der Waals surface area (Å²) in [6.07, 6.45) is 3.77. The van der Waals surface area contributed by atoms with Crippen molar-refractivity contribution < 1.29 is 29.4 Å². The Labute approximate surface area is 223 Å². The summed E-state index contributed by atoms with van der Waals surface area (Å²) in [7, 11) is 0. The monoisotopic (exact) mass is 534 g/mol. The smallest absolute Gasteiger partial charge is 0.328 e. The topological polar surface area (TPSA) is 202 Å². The van der Waals surface area contributed by atoms with E-state index < -0.39 is 55.0 Å². The van der Waals surface area contributed by atoms with Crippen LogP contribution in [0.5, 0.6) is 0 Å². The van der Waals surface area contributed by atoms with Crippen molar-refractivity contribution in [1.82, 2.24) is 25.9 Å². The zero-order valence-electron chi connectivity index (χ0n) is 20.9. The molecular formula is C27H30N6O6. The number of hydrogen-bond acceptors (Lipinski definition) is 6. The van der Waals surface area contributed by atoms with Gasteiger partial charge in [-0.2, -0.15) is 0 Å². The number of benzene rings is 2. The highest BCUT2D eigenvalue weighted by atomic mass is 16.4. The maximum Gasteiger partial charge on any atom is 0.328 e. The van der Waals surface area contributed by atoms with E-state index in [4.69, 9.17) is 5.73 Å². The first-order valence-corrected chi connectivity index (χ1v) is 12.3. The molecule has 0 saturated carbocycles. The van der Waals surface area contributed by atoms with E-state index in [0.29, 0.717) is 5.56 Å². The Hall–Kier alpha value is -4.68. The number of carboxylic acids is 1. The van der Waals surface area contributed by atoms with Gasteiger partial charge < -0.3 is 41.9 Å². The number of aliphatic hydroxyl groups excluding tert-OH is 1. The van der Waals surface area contributed by atoms with Crippen molar-refractivity contribution in [3.63, 3.8) is 0 Å². The average Bonchev–Trinajstić information content (AvgIpc) is 3.53. The fourth-order valence-corrected chi connectivity index (χ4v) is 4.36. The summed E-state index contributed by atoms with van der Waals surface area (Å²) < 4.78 is 0. The highest BCUT2D eigenvalue weighted by Gasteiger charge is 2.27. The molecule has 2 heterocycles. The molecule has 4 rings (SSSR count). The number of H-pyrrole nitrogens is 2. The molecule has 2 aromatic carbocycles. The van der Waals surface area contributed by atoms with Crippen molar-refractivity contribution in [2.45, 2.75) is 31.0 Å².